The fourth-order valence-electron chi connectivity index (χ4n) is 3.77. The smallest absolute Gasteiger partial charge is 0.291 e. The molecule has 1 unspecified atom stereocenters. The molecule has 8 heteroatoms. The lowest BCUT2D eigenvalue weighted by Crippen LogP contribution is -2.36. The Morgan fingerprint density at radius 2 is 1.76 bits per heavy atom. The first-order valence-electron chi connectivity index (χ1n) is 11.3. The molecule has 0 radical (unpaired) electrons. The van der Waals surface area contributed by atoms with Crippen molar-refractivity contribution in [1.82, 2.24) is 4.90 Å². The summed E-state index contributed by atoms with van der Waals surface area (Å²) >= 11 is 0. The molecule has 4 rings (SSSR count). The minimum Gasteiger partial charge on any atom is -0.412 e. The largest absolute Gasteiger partial charge is 0.412 e. The number of ether oxygens (including phenoxy) is 1. The highest BCUT2D eigenvalue weighted by Crippen LogP contribution is 2.24. The molecule has 8 nitrogen and oxygen atoms in total. The number of carbonyl (C=O) groups excluding carboxylic acids is 1. The molecule has 2 heterocycles. The Morgan fingerprint density at radius 1 is 1.12 bits per heavy atom. The Morgan fingerprint density at radius 3 is 2.45 bits per heavy atom. The predicted molar refractivity (Wildman–Crippen MR) is 133 cm³/mol. The number of anilines is 1. The van der Waals surface area contributed by atoms with Crippen LogP contribution in [0.1, 0.15) is 37.8 Å². The summed E-state index contributed by atoms with van der Waals surface area (Å²) in [6.45, 7) is 5.81. The quantitative estimate of drug-likeness (QED) is 0.492. The second kappa shape index (κ2) is 11.4. The van der Waals surface area contributed by atoms with E-state index in [1.54, 1.807) is 0 Å². The van der Waals surface area contributed by atoms with Crippen LogP contribution in [0.5, 0.6) is 0 Å². The molecule has 0 bridgehead atoms. The van der Waals surface area contributed by atoms with Gasteiger partial charge in [-0.25, -0.2) is 4.99 Å². The van der Waals surface area contributed by atoms with E-state index in [2.05, 4.69) is 27.2 Å². The Bertz CT molecular complexity index is 1030. The summed E-state index contributed by atoms with van der Waals surface area (Å²) in [6.07, 6.45) is 0.545. The van der Waals surface area contributed by atoms with Crippen LogP contribution >= 0.6 is 0 Å². The third kappa shape index (κ3) is 6.04. The first-order valence-corrected chi connectivity index (χ1v) is 11.3. The van der Waals surface area contributed by atoms with Gasteiger partial charge in [-0.2, -0.15) is 4.99 Å². The number of hydrogen-bond acceptors (Lipinski definition) is 6. The van der Waals surface area contributed by atoms with E-state index in [9.17, 15) is 4.79 Å². The number of benzodiazepines with no additional fused rings is 1. The summed E-state index contributed by atoms with van der Waals surface area (Å²) < 4.78 is 5.48. The van der Waals surface area contributed by atoms with Gasteiger partial charge in [0.25, 0.3) is 11.9 Å². The van der Waals surface area contributed by atoms with Crippen molar-refractivity contribution in [2.45, 2.75) is 32.9 Å². The number of piperidine rings is 1. The van der Waals surface area contributed by atoms with E-state index in [0.29, 0.717) is 11.4 Å². The second-order valence-corrected chi connectivity index (χ2v) is 7.76. The normalized spacial score (nSPS) is 19.2. The SMILES string of the molecule is CC.CN1CCC(C(=N)O/C(N)=N/C2N=C(c3ccccc3)c3ccccc3NC2=O)CC1. The third-order valence-electron chi connectivity index (χ3n) is 5.53. The summed E-state index contributed by atoms with van der Waals surface area (Å²) in [5.41, 5.74) is 8.94. The lowest BCUT2D eigenvalue weighted by atomic mass is 9.97. The van der Waals surface area contributed by atoms with Gasteiger partial charge in [-0.05, 0) is 39.0 Å². The fraction of sp³-hybridized carbons (Fsp3) is 0.360. The summed E-state index contributed by atoms with van der Waals surface area (Å²) in [7, 11) is 2.06. The zero-order chi connectivity index (χ0) is 23.8. The summed E-state index contributed by atoms with van der Waals surface area (Å²) in [5, 5.41) is 11.1. The highest BCUT2D eigenvalue weighted by molar-refractivity contribution is 6.19. The van der Waals surface area contributed by atoms with Crippen molar-refractivity contribution in [1.29, 1.82) is 5.41 Å². The number of likely N-dealkylation sites (tertiary alicyclic amines) is 1. The third-order valence-corrected chi connectivity index (χ3v) is 5.53. The highest BCUT2D eigenvalue weighted by Gasteiger charge is 2.27. The van der Waals surface area contributed by atoms with Crippen LogP contribution in [0.2, 0.25) is 0 Å². The Hall–Kier alpha value is -3.52. The first kappa shape index (κ1) is 24.1. The standard InChI is InChI=1S/C23H26N6O2.C2H6/c1-29-13-11-16(12-14-29)20(24)31-23(25)28-21-22(30)26-18-10-6-5-9-17(18)19(27-21)15-7-3-2-4-8-15;1-2/h2-10,16,21,24H,11-14H2,1H3,(H2,25,28)(H,26,30);1-2H3. The number of amides is 1. The number of benzene rings is 2. The molecule has 0 spiro atoms. The molecule has 2 aliphatic heterocycles. The van der Waals surface area contributed by atoms with E-state index in [1.165, 1.54) is 0 Å². The number of fused-ring (bicyclic) bond motifs is 1. The van der Waals surface area contributed by atoms with E-state index >= 15 is 0 Å². The van der Waals surface area contributed by atoms with Crippen molar-refractivity contribution in [3.05, 3.63) is 65.7 Å². The summed E-state index contributed by atoms with van der Waals surface area (Å²) in [6, 6.07) is 16.9. The number of hydrogen-bond donors (Lipinski definition) is 3. The molecule has 2 aromatic rings. The van der Waals surface area contributed by atoms with E-state index in [-0.39, 0.29) is 17.8 Å². The molecule has 4 N–H and O–H groups in total. The highest BCUT2D eigenvalue weighted by atomic mass is 16.5. The van der Waals surface area contributed by atoms with Crippen molar-refractivity contribution < 1.29 is 9.53 Å². The van der Waals surface area contributed by atoms with Gasteiger partial charge in [0.2, 0.25) is 6.17 Å². The number of nitrogens with one attached hydrogen (secondary N) is 2. The van der Waals surface area contributed by atoms with Gasteiger partial charge in [-0.15, -0.1) is 0 Å². The van der Waals surface area contributed by atoms with E-state index < -0.39 is 12.1 Å². The molecular formula is C25H32N6O2. The molecule has 1 amide bonds. The maximum Gasteiger partial charge on any atom is 0.291 e. The van der Waals surface area contributed by atoms with Crippen LogP contribution in [-0.2, 0) is 9.53 Å². The van der Waals surface area contributed by atoms with Crippen LogP contribution in [0.4, 0.5) is 5.69 Å². The lowest BCUT2D eigenvalue weighted by molar-refractivity contribution is -0.117. The Kier molecular flexibility index (Phi) is 8.32. The minimum atomic E-state index is -1.12. The van der Waals surface area contributed by atoms with Gasteiger partial charge in [0.15, 0.2) is 5.90 Å². The van der Waals surface area contributed by atoms with Crippen molar-refractivity contribution in [2.75, 3.05) is 25.5 Å². The Labute approximate surface area is 195 Å². The van der Waals surface area contributed by atoms with E-state index in [1.807, 2.05) is 68.4 Å². The lowest BCUT2D eigenvalue weighted by Gasteiger charge is -2.28. The number of carbonyl (C=O) groups is 1. The topological polar surface area (TPSA) is 116 Å². The van der Waals surface area contributed by atoms with Gasteiger partial charge in [0.1, 0.15) is 0 Å². The van der Waals surface area contributed by atoms with E-state index in [4.69, 9.17) is 15.9 Å². The number of amidine groups is 1. The first-order chi connectivity index (χ1) is 16.0. The molecule has 2 aromatic carbocycles. The zero-order valence-electron chi connectivity index (χ0n) is 19.4. The molecule has 1 saturated heterocycles. The maximum atomic E-state index is 12.8. The predicted octanol–water partition coefficient (Wildman–Crippen LogP) is 3.48. The number of para-hydroxylation sites is 1. The van der Waals surface area contributed by atoms with E-state index in [0.717, 1.165) is 37.1 Å². The van der Waals surface area contributed by atoms with Crippen LogP contribution in [0.3, 0.4) is 0 Å². The van der Waals surface area contributed by atoms with Gasteiger partial charge >= 0.3 is 0 Å². The van der Waals surface area contributed by atoms with Crippen LogP contribution < -0.4 is 11.1 Å². The van der Waals surface area contributed by atoms with Gasteiger partial charge < -0.3 is 20.7 Å². The zero-order valence-corrected chi connectivity index (χ0v) is 19.4. The number of nitrogens with two attached hydrogens (primary N) is 1. The number of nitrogens with zero attached hydrogens (tertiary/aromatic N) is 3. The molecular weight excluding hydrogens is 416 g/mol. The van der Waals surface area contributed by atoms with Crippen molar-refractivity contribution in [3.63, 3.8) is 0 Å². The minimum absolute atomic E-state index is 0.000505. The molecule has 0 aromatic heterocycles. The van der Waals surface area contributed by atoms with Gasteiger partial charge in [0.05, 0.1) is 11.4 Å². The molecule has 1 atom stereocenters. The van der Waals surface area contributed by atoms with Crippen molar-refractivity contribution in [2.24, 2.45) is 21.6 Å². The van der Waals surface area contributed by atoms with Gasteiger partial charge in [-0.1, -0.05) is 62.4 Å². The maximum absolute atomic E-state index is 12.8. The number of aliphatic imine (C=N–C) groups is 2. The average Bonchev–Trinajstić information content (AvgIpc) is 2.97. The summed E-state index contributed by atoms with van der Waals surface area (Å²) in [4.78, 5) is 23.9. The molecule has 0 aliphatic carbocycles. The molecule has 174 valence electrons. The van der Waals surface area contributed by atoms with Crippen LogP contribution in [0, 0.1) is 11.3 Å². The van der Waals surface area contributed by atoms with Crippen LogP contribution in [-0.4, -0.2) is 54.7 Å². The molecule has 1 fully saturated rings. The fourth-order valence-corrected chi connectivity index (χ4v) is 3.77. The molecule has 2 aliphatic rings. The van der Waals surface area contributed by atoms with Crippen LogP contribution in [0.25, 0.3) is 0 Å². The van der Waals surface area contributed by atoms with Crippen molar-refractivity contribution in [3.8, 4) is 0 Å². The van der Waals surface area contributed by atoms with Crippen molar-refractivity contribution >= 4 is 29.2 Å². The Balaban J connectivity index is 0.00000149. The second-order valence-electron chi connectivity index (χ2n) is 7.76. The van der Waals surface area contributed by atoms with Gasteiger partial charge in [-0.3, -0.25) is 10.2 Å². The number of rotatable bonds is 3. The monoisotopic (exact) mass is 448 g/mol. The van der Waals surface area contributed by atoms with Crippen LogP contribution in [0.15, 0.2) is 64.6 Å². The average molecular weight is 449 g/mol. The molecule has 33 heavy (non-hydrogen) atoms. The molecule has 0 saturated carbocycles. The van der Waals surface area contributed by atoms with Gasteiger partial charge in [0, 0.05) is 17.0 Å². The summed E-state index contributed by atoms with van der Waals surface area (Å²) in [5.74, 6) is -0.324.